The second-order valence-corrected chi connectivity index (χ2v) is 6.86. The van der Waals surface area contributed by atoms with Crippen LogP contribution in [0.25, 0.3) is 0 Å². The Kier molecular flexibility index (Phi) is 8.17. The lowest BCUT2D eigenvalue weighted by Gasteiger charge is -2.29. The Balaban J connectivity index is 1.75. The number of methoxy groups -OCH3 is 1. The van der Waals surface area contributed by atoms with Gasteiger partial charge in [-0.3, -0.25) is 4.79 Å². The van der Waals surface area contributed by atoms with E-state index in [0.717, 1.165) is 24.8 Å². The highest BCUT2D eigenvalue weighted by Gasteiger charge is 2.23. The molecule has 2 atom stereocenters. The molecule has 1 amide bonds. The summed E-state index contributed by atoms with van der Waals surface area (Å²) in [6.07, 6.45) is 6.94. The molecule has 0 aromatic heterocycles. The van der Waals surface area contributed by atoms with Crippen LogP contribution in [0.1, 0.15) is 38.2 Å². The summed E-state index contributed by atoms with van der Waals surface area (Å²) < 4.78 is 15.8. The van der Waals surface area contributed by atoms with Crippen LogP contribution in [0, 0.1) is 5.92 Å². The van der Waals surface area contributed by atoms with Crippen molar-refractivity contribution in [2.75, 3.05) is 20.3 Å². The van der Waals surface area contributed by atoms with Gasteiger partial charge in [-0.1, -0.05) is 31.9 Å². The van der Waals surface area contributed by atoms with Crippen LogP contribution < -0.4 is 14.8 Å². The molecule has 2 rings (SSSR count). The Morgan fingerprint density at radius 1 is 1.22 bits per heavy atom. The van der Waals surface area contributed by atoms with Crippen molar-refractivity contribution in [3.63, 3.8) is 0 Å². The van der Waals surface area contributed by atoms with Crippen LogP contribution in [-0.2, 0) is 20.7 Å². The number of ether oxygens (including phenoxy) is 3. The van der Waals surface area contributed by atoms with Gasteiger partial charge in [0.15, 0.2) is 24.7 Å². The number of nitrogens with one attached hydrogen (secondary N) is 1. The quantitative estimate of drug-likeness (QED) is 0.530. The van der Waals surface area contributed by atoms with Crippen molar-refractivity contribution in [2.45, 2.75) is 45.1 Å². The first-order valence-corrected chi connectivity index (χ1v) is 9.39. The molecule has 6 heteroatoms. The molecular weight excluding hydrogens is 346 g/mol. The molecule has 1 N–H and O–H groups in total. The Morgan fingerprint density at radius 2 is 2.00 bits per heavy atom. The van der Waals surface area contributed by atoms with E-state index in [1.54, 1.807) is 12.1 Å². The van der Waals surface area contributed by atoms with Crippen LogP contribution in [0.2, 0.25) is 0 Å². The van der Waals surface area contributed by atoms with Gasteiger partial charge in [-0.05, 0) is 42.9 Å². The molecule has 0 spiro atoms. The van der Waals surface area contributed by atoms with E-state index in [-0.39, 0.29) is 25.2 Å². The van der Waals surface area contributed by atoms with Gasteiger partial charge in [-0.2, -0.15) is 0 Å². The lowest BCUT2D eigenvalue weighted by atomic mass is 9.86. The van der Waals surface area contributed by atoms with E-state index in [4.69, 9.17) is 14.2 Å². The zero-order valence-corrected chi connectivity index (χ0v) is 16.2. The third-order valence-corrected chi connectivity index (χ3v) is 4.78. The Hall–Kier alpha value is -2.50. The number of allylic oxidation sites excluding steroid dienone is 1. The average molecular weight is 375 g/mol. The summed E-state index contributed by atoms with van der Waals surface area (Å²) in [5.74, 6) is 0.569. The Morgan fingerprint density at radius 3 is 2.70 bits per heavy atom. The molecular formula is C21H29NO5. The van der Waals surface area contributed by atoms with Gasteiger partial charge in [0.25, 0.3) is 5.91 Å². The fourth-order valence-electron chi connectivity index (χ4n) is 3.23. The fourth-order valence-corrected chi connectivity index (χ4v) is 3.23. The molecule has 0 unspecified atom stereocenters. The first-order valence-electron chi connectivity index (χ1n) is 9.39. The highest BCUT2D eigenvalue weighted by atomic mass is 16.6. The topological polar surface area (TPSA) is 73.9 Å². The molecule has 1 aromatic carbocycles. The minimum atomic E-state index is -0.598. The number of rotatable bonds is 9. The molecule has 0 radical (unpaired) electrons. The maximum Gasteiger partial charge on any atom is 0.344 e. The second-order valence-electron chi connectivity index (χ2n) is 6.86. The normalized spacial score (nSPS) is 19.0. The van der Waals surface area contributed by atoms with Gasteiger partial charge in [-0.15, -0.1) is 6.58 Å². The van der Waals surface area contributed by atoms with Crippen molar-refractivity contribution in [3.8, 4) is 11.5 Å². The van der Waals surface area contributed by atoms with E-state index >= 15 is 0 Å². The van der Waals surface area contributed by atoms with E-state index in [0.29, 0.717) is 23.8 Å². The smallest absolute Gasteiger partial charge is 0.344 e. The standard InChI is InChI=1S/C21H29NO5/c1-4-7-16-10-11-18(19(12-16)25-3)26-14-21(24)27-13-20(23)22-17-9-6-5-8-15(17)2/h4,10-12,15,17H,1,5-9,13-14H2,2-3H3,(H,22,23)/t15-,17-/m0/s1. The van der Waals surface area contributed by atoms with E-state index in [9.17, 15) is 9.59 Å². The Bertz CT molecular complexity index is 658. The van der Waals surface area contributed by atoms with Gasteiger partial charge in [0.05, 0.1) is 7.11 Å². The highest BCUT2D eigenvalue weighted by Crippen LogP contribution is 2.28. The monoisotopic (exact) mass is 375 g/mol. The maximum atomic E-state index is 12.0. The number of carbonyl (C=O) groups is 2. The van der Waals surface area contributed by atoms with Crippen molar-refractivity contribution < 1.29 is 23.8 Å². The maximum absolute atomic E-state index is 12.0. The van der Waals surface area contributed by atoms with Gasteiger partial charge in [0, 0.05) is 6.04 Å². The molecule has 1 aromatic rings. The van der Waals surface area contributed by atoms with Gasteiger partial charge in [0.2, 0.25) is 0 Å². The van der Waals surface area contributed by atoms with Gasteiger partial charge < -0.3 is 19.5 Å². The van der Waals surface area contributed by atoms with Crippen molar-refractivity contribution in [2.24, 2.45) is 5.92 Å². The molecule has 0 bridgehead atoms. The summed E-state index contributed by atoms with van der Waals surface area (Å²) in [6, 6.07) is 5.62. The SMILES string of the molecule is C=CCc1ccc(OCC(=O)OCC(=O)N[C@H]2CCCC[C@@H]2C)c(OC)c1. The third-order valence-electron chi connectivity index (χ3n) is 4.78. The average Bonchev–Trinajstić information content (AvgIpc) is 2.67. The number of esters is 1. The van der Waals surface area contributed by atoms with Gasteiger partial charge >= 0.3 is 5.97 Å². The zero-order chi connectivity index (χ0) is 19.6. The fraction of sp³-hybridized carbons (Fsp3) is 0.524. The second kappa shape index (κ2) is 10.6. The highest BCUT2D eigenvalue weighted by molar-refractivity contribution is 5.81. The summed E-state index contributed by atoms with van der Waals surface area (Å²) in [7, 11) is 1.54. The summed E-state index contributed by atoms with van der Waals surface area (Å²) in [4.78, 5) is 23.8. The zero-order valence-electron chi connectivity index (χ0n) is 16.2. The van der Waals surface area contributed by atoms with E-state index in [2.05, 4.69) is 18.8 Å². The third kappa shape index (κ3) is 6.62. The van der Waals surface area contributed by atoms with Gasteiger partial charge in [-0.25, -0.2) is 4.79 Å². The van der Waals surface area contributed by atoms with E-state index in [1.807, 2.05) is 12.1 Å². The van der Waals surface area contributed by atoms with E-state index < -0.39 is 5.97 Å². The predicted molar refractivity (Wildman–Crippen MR) is 103 cm³/mol. The molecule has 1 saturated carbocycles. The summed E-state index contributed by atoms with van der Waals surface area (Å²) >= 11 is 0. The molecule has 0 saturated heterocycles. The molecule has 0 heterocycles. The molecule has 1 aliphatic carbocycles. The minimum Gasteiger partial charge on any atom is -0.493 e. The van der Waals surface area contributed by atoms with Crippen LogP contribution in [0.3, 0.4) is 0 Å². The number of hydrogen-bond donors (Lipinski definition) is 1. The summed E-state index contributed by atoms with van der Waals surface area (Å²) in [5.41, 5.74) is 1.03. The van der Waals surface area contributed by atoms with Crippen LogP contribution in [-0.4, -0.2) is 38.2 Å². The van der Waals surface area contributed by atoms with Crippen molar-refractivity contribution in [3.05, 3.63) is 36.4 Å². The van der Waals surface area contributed by atoms with Crippen LogP contribution in [0.15, 0.2) is 30.9 Å². The van der Waals surface area contributed by atoms with Gasteiger partial charge in [0.1, 0.15) is 0 Å². The van der Waals surface area contributed by atoms with Crippen molar-refractivity contribution in [1.82, 2.24) is 5.32 Å². The summed E-state index contributed by atoms with van der Waals surface area (Å²) in [6.45, 7) is 5.26. The molecule has 1 fully saturated rings. The minimum absolute atomic E-state index is 0.166. The number of amides is 1. The molecule has 27 heavy (non-hydrogen) atoms. The van der Waals surface area contributed by atoms with Crippen LogP contribution >= 0.6 is 0 Å². The first-order chi connectivity index (χ1) is 13.0. The molecule has 1 aliphatic rings. The lowest BCUT2D eigenvalue weighted by Crippen LogP contribution is -2.43. The van der Waals surface area contributed by atoms with E-state index in [1.165, 1.54) is 13.5 Å². The Labute approximate surface area is 160 Å². The number of carbonyl (C=O) groups excluding carboxylic acids is 2. The largest absolute Gasteiger partial charge is 0.493 e. The first kappa shape index (κ1) is 20.8. The molecule has 0 aliphatic heterocycles. The van der Waals surface area contributed by atoms with Crippen molar-refractivity contribution >= 4 is 11.9 Å². The van der Waals surface area contributed by atoms with Crippen LogP contribution in [0.4, 0.5) is 0 Å². The summed E-state index contributed by atoms with van der Waals surface area (Å²) in [5, 5.41) is 2.95. The van der Waals surface area contributed by atoms with Crippen molar-refractivity contribution in [1.29, 1.82) is 0 Å². The lowest BCUT2D eigenvalue weighted by molar-refractivity contribution is -0.150. The van der Waals surface area contributed by atoms with Crippen LogP contribution in [0.5, 0.6) is 11.5 Å². The number of benzene rings is 1. The molecule has 148 valence electrons. The molecule has 6 nitrogen and oxygen atoms in total. The number of hydrogen-bond acceptors (Lipinski definition) is 5. The predicted octanol–water partition coefficient (Wildman–Crippen LogP) is 3.04.